The Bertz CT molecular complexity index is 2950. The molecule has 0 bridgehead atoms. The molecule has 6 rings (SSSR count). The lowest BCUT2D eigenvalue weighted by Crippen LogP contribution is -2.45. The van der Waals surface area contributed by atoms with Crippen LogP contribution in [-0.4, -0.2) is 89.8 Å². The highest BCUT2D eigenvalue weighted by Crippen LogP contribution is 2.46. The Morgan fingerprint density at radius 2 is 0.973 bits per heavy atom. The fraction of sp³-hybridized carbons (Fsp3) is 0.403. The van der Waals surface area contributed by atoms with Crippen LogP contribution in [0.2, 0.25) is 36.3 Å². The third-order valence-electron chi connectivity index (χ3n) is 14.5. The number of fused-ring (bicyclic) bond motifs is 1. The molecule has 6 aromatic rings. The molecule has 0 amide bonds. The van der Waals surface area contributed by atoms with E-state index in [-0.39, 0.29) is 58.6 Å². The van der Waals surface area contributed by atoms with Gasteiger partial charge in [-0.3, -0.25) is 9.59 Å². The predicted molar refractivity (Wildman–Crippen MR) is 330 cm³/mol. The van der Waals surface area contributed by atoms with E-state index in [2.05, 4.69) is 135 Å². The van der Waals surface area contributed by atoms with Crippen LogP contribution in [0.15, 0.2) is 146 Å². The van der Waals surface area contributed by atoms with Gasteiger partial charge < -0.3 is 22.5 Å². The molecule has 0 spiro atoms. The van der Waals surface area contributed by atoms with E-state index in [1.165, 1.54) is 12.1 Å². The lowest BCUT2D eigenvalue weighted by Gasteiger charge is -2.39. The van der Waals surface area contributed by atoms with E-state index in [1.54, 1.807) is 44.9 Å². The molecular formula is C62H85FNO6P3Si2. The summed E-state index contributed by atoms with van der Waals surface area (Å²) in [5.41, 5.74) is 3.83. The second kappa shape index (κ2) is 25.0. The van der Waals surface area contributed by atoms with Crippen LogP contribution in [0.4, 0.5) is 4.39 Å². The number of benzene rings is 5. The smallest absolute Gasteiger partial charge is 0.192 e. The number of para-hydroxylation sites is 1. The molecule has 7 nitrogen and oxygen atoms in total. The van der Waals surface area contributed by atoms with Crippen LogP contribution < -0.4 is 15.9 Å². The average molecular weight is 1110 g/mol. The molecule has 404 valence electrons. The number of hydrogen-bond acceptors (Lipinski definition) is 6. The van der Waals surface area contributed by atoms with E-state index < -0.39 is 37.8 Å². The molecule has 0 unspecified atom stereocenters. The first-order chi connectivity index (χ1) is 34.7. The maximum Gasteiger partial charge on any atom is 0.192 e. The third kappa shape index (κ3) is 16.6. The highest BCUT2D eigenvalue weighted by Gasteiger charge is 2.42. The molecular weight excluding hydrogens is 1020 g/mol. The van der Waals surface area contributed by atoms with Crippen molar-refractivity contribution < 1.29 is 32.0 Å². The zero-order valence-corrected chi connectivity index (χ0v) is 52.4. The van der Waals surface area contributed by atoms with Crippen molar-refractivity contribution in [3.63, 3.8) is 0 Å². The highest BCUT2D eigenvalue weighted by atomic mass is 31.2. The van der Waals surface area contributed by atoms with Gasteiger partial charge in [-0.05, 0) is 141 Å². The first-order valence-electron chi connectivity index (χ1n) is 26.2. The van der Waals surface area contributed by atoms with Crippen molar-refractivity contribution in [1.29, 1.82) is 0 Å². The summed E-state index contributed by atoms with van der Waals surface area (Å²) in [7, 11) is -9.12. The lowest BCUT2D eigenvalue weighted by atomic mass is 10.0. The maximum absolute atomic E-state index is 14.0. The van der Waals surface area contributed by atoms with E-state index in [0.717, 1.165) is 43.6 Å². The molecule has 75 heavy (non-hydrogen) atoms. The number of Topliss-reactive ketones (excluding diaryl/α,β-unsaturated/α-hetero) is 1. The van der Waals surface area contributed by atoms with Crippen LogP contribution in [0.25, 0.3) is 28.1 Å². The zero-order chi connectivity index (χ0) is 55.8. The van der Waals surface area contributed by atoms with Gasteiger partial charge >= 0.3 is 0 Å². The zero-order valence-electron chi connectivity index (χ0n) is 47.7. The lowest BCUT2D eigenvalue weighted by molar-refractivity contribution is -0.116. The number of aromatic nitrogens is 1. The molecule has 0 aliphatic rings. The summed E-state index contributed by atoms with van der Waals surface area (Å²) >= 11 is 0. The minimum atomic E-state index is -2.40. The van der Waals surface area contributed by atoms with Gasteiger partial charge in [-0.1, -0.05) is 163 Å². The van der Waals surface area contributed by atoms with E-state index in [4.69, 9.17) is 8.85 Å². The van der Waals surface area contributed by atoms with Crippen LogP contribution in [-0.2, 0) is 27.6 Å². The normalized spacial score (nSPS) is 13.9. The summed E-state index contributed by atoms with van der Waals surface area (Å²) in [6, 6.07) is 45.9. The molecule has 1 aromatic heterocycles. The Hall–Kier alpha value is -4.24. The summed E-state index contributed by atoms with van der Waals surface area (Å²) in [5.74, 6) is 1.67. The molecule has 5 aromatic carbocycles. The number of rotatable bonds is 20. The first-order valence-corrected chi connectivity index (χ1v) is 39.5. The highest BCUT2D eigenvalue weighted by molar-refractivity contribution is 7.95. The van der Waals surface area contributed by atoms with Gasteiger partial charge in [-0.25, -0.2) is 4.39 Å². The van der Waals surface area contributed by atoms with Gasteiger partial charge in [-0.15, -0.1) is 0 Å². The van der Waals surface area contributed by atoms with Crippen LogP contribution >= 0.6 is 21.2 Å². The molecule has 0 aliphatic heterocycles. The number of nitrogens with zero attached hydrogens (tertiary/aromatic N) is 1. The third-order valence-corrected chi connectivity index (χ3v) is 30.2. The van der Waals surface area contributed by atoms with E-state index in [0.29, 0.717) is 12.3 Å². The standard InChI is InChI=1S/C31H43FNO3PSi.C31H42O3P2Si/c1-22(2)33-28-13-11-10-12-27(28)30(23-14-16-24(32)17-15-23)29(33)19-18-25(34)20-26(21-37(6,7)35)36-38(8,9)31(3,4)5;1-31(2,3)37(6,7)34-27(25-35(4,5)33)23-26(32)24-36(28-17-11-8-12-18-28,29-19-13-9-14-20-29)30-21-15-10-16-22-30/h10-19,22,26H,20-21H2,1-9H3;8-22,24,27H,23,25H2,1-7H3/b19-18+;/t26-;27-/m11/s1. The largest absolute Gasteiger partial charge is 0.413 e. The van der Waals surface area contributed by atoms with E-state index in [9.17, 15) is 23.1 Å². The minimum absolute atomic E-state index is 0.00163. The predicted octanol–water partition coefficient (Wildman–Crippen LogP) is 15.8. The number of halogens is 1. The first kappa shape index (κ1) is 61.6. The van der Waals surface area contributed by atoms with Crippen molar-refractivity contribution in [1.82, 2.24) is 4.57 Å². The molecule has 0 aliphatic carbocycles. The topological polar surface area (TPSA) is 91.7 Å². The average Bonchev–Trinajstić information content (AvgIpc) is 3.64. The number of allylic oxidation sites excluding steroid dienone is 1. The van der Waals surface area contributed by atoms with Gasteiger partial charge in [-0.2, -0.15) is 0 Å². The Morgan fingerprint density at radius 3 is 1.36 bits per heavy atom. The molecule has 13 heteroatoms. The number of carbonyl (C=O) groups is 2. The van der Waals surface area contributed by atoms with Crippen molar-refractivity contribution in [2.24, 2.45) is 0 Å². The minimum Gasteiger partial charge on any atom is -0.413 e. The number of hydrogen-bond donors (Lipinski definition) is 0. The Morgan fingerprint density at radius 1 is 0.587 bits per heavy atom. The van der Waals surface area contributed by atoms with Crippen LogP contribution in [0.5, 0.6) is 0 Å². The van der Waals surface area contributed by atoms with Crippen LogP contribution in [0.1, 0.15) is 80.0 Å². The van der Waals surface area contributed by atoms with Gasteiger partial charge in [0.05, 0.1) is 32.2 Å². The number of carbonyl (C=O) groups excluding carboxylic acids is 2. The Labute approximate surface area is 452 Å². The van der Waals surface area contributed by atoms with Crippen molar-refractivity contribution >= 4 is 88.1 Å². The molecule has 2 atom stereocenters. The van der Waals surface area contributed by atoms with Crippen molar-refractivity contribution in [2.75, 3.05) is 39.0 Å². The SMILES string of the molecule is CC(C)(C)[Si](C)(C)O[C@H](CC(=O)C=P(c1ccccc1)(c1ccccc1)c1ccccc1)CP(C)(C)=O.CC(C)n1c(/C=C/C(=O)C[C@H](CP(C)(C)=O)O[Si](C)(C)C(C)(C)C)c(-c2ccc(F)cc2)c2ccccc21. The van der Waals surface area contributed by atoms with Crippen LogP contribution in [0.3, 0.4) is 0 Å². The molecule has 0 saturated carbocycles. The second-order valence-electron chi connectivity index (χ2n) is 24.3. The molecule has 0 fully saturated rings. The Kier molecular flexibility index (Phi) is 20.6. The molecule has 1 heterocycles. The summed E-state index contributed by atoms with van der Waals surface area (Å²) in [5, 5.41) is 4.45. The fourth-order valence-electron chi connectivity index (χ4n) is 9.00. The molecule has 0 N–H and O–H groups in total. The summed E-state index contributed by atoms with van der Waals surface area (Å²) in [6.07, 6.45) is 3.95. The van der Waals surface area contributed by atoms with Gasteiger partial charge in [0, 0.05) is 47.7 Å². The second-order valence-corrected chi connectivity index (χ2v) is 44.1. The van der Waals surface area contributed by atoms with Gasteiger partial charge in [0.25, 0.3) is 0 Å². The van der Waals surface area contributed by atoms with Gasteiger partial charge in [0.15, 0.2) is 28.2 Å². The van der Waals surface area contributed by atoms with E-state index in [1.807, 2.05) is 78.6 Å². The van der Waals surface area contributed by atoms with Crippen molar-refractivity contribution in [2.45, 2.75) is 123 Å². The summed E-state index contributed by atoms with van der Waals surface area (Å²) < 4.78 is 54.9. The summed E-state index contributed by atoms with van der Waals surface area (Å²) in [4.78, 5) is 27.4. The monoisotopic (exact) mass is 1110 g/mol. The van der Waals surface area contributed by atoms with Crippen molar-refractivity contribution in [3.8, 4) is 11.1 Å². The van der Waals surface area contributed by atoms with Gasteiger partial charge in [0.2, 0.25) is 0 Å². The molecule has 0 radical (unpaired) electrons. The maximum atomic E-state index is 14.0. The van der Waals surface area contributed by atoms with E-state index >= 15 is 0 Å². The van der Waals surface area contributed by atoms with Crippen LogP contribution in [0, 0.1) is 5.82 Å². The molecule has 0 saturated heterocycles. The fourth-order valence-corrected chi connectivity index (χ4v) is 18.2. The van der Waals surface area contributed by atoms with Gasteiger partial charge in [0.1, 0.15) is 5.82 Å². The van der Waals surface area contributed by atoms with Crippen molar-refractivity contribution in [3.05, 3.63) is 157 Å². The quantitative estimate of drug-likeness (QED) is 0.0430. The number of ketones is 2. The Balaban J connectivity index is 0.000000277. The summed E-state index contributed by atoms with van der Waals surface area (Å²) in [6.45, 7) is 30.7.